The molecule has 0 spiro atoms. The molecule has 1 heterocycles. The molecule has 0 aliphatic carbocycles. The smallest absolute Gasteiger partial charge is 0.220 e. The van der Waals surface area contributed by atoms with Gasteiger partial charge >= 0.3 is 0 Å². The van der Waals surface area contributed by atoms with Crippen LogP contribution in [0.15, 0.2) is 48.5 Å². The molecule has 2 aromatic rings. The number of rotatable bonds is 6. The van der Waals surface area contributed by atoms with Gasteiger partial charge in [-0.05, 0) is 48.1 Å². The summed E-state index contributed by atoms with van der Waals surface area (Å²) in [6.45, 7) is 1.32. The molecule has 4 heteroatoms. The fraction of sp³-hybridized carbons (Fsp3) is 0.350. The van der Waals surface area contributed by atoms with Crippen LogP contribution in [0.5, 0.6) is 11.5 Å². The van der Waals surface area contributed by atoms with Gasteiger partial charge in [0.05, 0.1) is 13.7 Å². The first-order valence-corrected chi connectivity index (χ1v) is 8.37. The molecule has 126 valence electrons. The van der Waals surface area contributed by atoms with Crippen LogP contribution >= 0.6 is 0 Å². The highest BCUT2D eigenvalue weighted by molar-refractivity contribution is 5.77. The Bertz CT molecular complexity index is 699. The van der Waals surface area contributed by atoms with E-state index < -0.39 is 0 Å². The maximum atomic E-state index is 12.3. The molecule has 0 radical (unpaired) electrons. The molecular weight excluding hydrogens is 302 g/mol. The summed E-state index contributed by atoms with van der Waals surface area (Å²) in [6, 6.07) is 15.9. The first-order chi connectivity index (χ1) is 11.8. The molecule has 1 aliphatic heterocycles. The minimum absolute atomic E-state index is 0.0969. The number of nitrogens with one attached hydrogen (secondary N) is 1. The molecule has 1 amide bonds. The molecule has 0 saturated heterocycles. The summed E-state index contributed by atoms with van der Waals surface area (Å²) < 4.78 is 10.9. The molecule has 0 saturated carbocycles. The lowest BCUT2D eigenvalue weighted by Crippen LogP contribution is -2.28. The summed E-state index contributed by atoms with van der Waals surface area (Å²) >= 11 is 0. The Kier molecular flexibility index (Phi) is 5.36. The Balaban J connectivity index is 1.50. The number of ether oxygens (including phenoxy) is 2. The summed E-state index contributed by atoms with van der Waals surface area (Å²) in [7, 11) is 1.66. The first kappa shape index (κ1) is 16.4. The zero-order valence-electron chi connectivity index (χ0n) is 14.0. The zero-order chi connectivity index (χ0) is 16.8. The number of methoxy groups -OCH3 is 1. The maximum absolute atomic E-state index is 12.3. The lowest BCUT2D eigenvalue weighted by Gasteiger charge is -2.25. The molecule has 0 aromatic heterocycles. The Morgan fingerprint density at radius 3 is 3.00 bits per heavy atom. The molecule has 0 unspecified atom stereocenters. The number of hydrogen-bond acceptors (Lipinski definition) is 3. The van der Waals surface area contributed by atoms with Gasteiger partial charge in [0.25, 0.3) is 0 Å². The SMILES string of the molecule is COc1cccc(CCNC(=O)C[C@@H]2CCOc3ccccc32)c1. The van der Waals surface area contributed by atoms with Crippen molar-refractivity contribution in [3.8, 4) is 11.5 Å². The molecule has 3 rings (SSSR count). The average molecular weight is 325 g/mol. The standard InChI is InChI=1S/C20H23NO3/c1-23-17-6-4-5-15(13-17)9-11-21-20(22)14-16-10-12-24-19-8-3-2-7-18(16)19/h2-8,13,16H,9-12,14H2,1H3,(H,21,22)/t16-/m0/s1. The highest BCUT2D eigenvalue weighted by Gasteiger charge is 2.23. The van der Waals surface area contributed by atoms with Crippen LogP contribution in [0.4, 0.5) is 0 Å². The van der Waals surface area contributed by atoms with Crippen molar-refractivity contribution in [3.63, 3.8) is 0 Å². The van der Waals surface area contributed by atoms with E-state index in [0.29, 0.717) is 19.6 Å². The van der Waals surface area contributed by atoms with Gasteiger partial charge in [0.2, 0.25) is 5.91 Å². The number of benzene rings is 2. The van der Waals surface area contributed by atoms with Gasteiger partial charge in [0, 0.05) is 13.0 Å². The third-order valence-corrected chi connectivity index (χ3v) is 4.38. The minimum atomic E-state index is 0.0969. The van der Waals surface area contributed by atoms with E-state index >= 15 is 0 Å². The van der Waals surface area contributed by atoms with Crippen LogP contribution in [-0.2, 0) is 11.2 Å². The molecule has 1 aliphatic rings. The van der Waals surface area contributed by atoms with Crippen molar-refractivity contribution in [1.29, 1.82) is 0 Å². The predicted molar refractivity (Wildman–Crippen MR) is 93.6 cm³/mol. The van der Waals surface area contributed by atoms with Gasteiger partial charge in [-0.1, -0.05) is 30.3 Å². The lowest BCUT2D eigenvalue weighted by atomic mass is 9.90. The summed E-state index contributed by atoms with van der Waals surface area (Å²) in [5, 5.41) is 3.03. The van der Waals surface area contributed by atoms with E-state index in [0.717, 1.165) is 35.5 Å². The van der Waals surface area contributed by atoms with Crippen LogP contribution in [0.3, 0.4) is 0 Å². The Morgan fingerprint density at radius 1 is 1.25 bits per heavy atom. The number of fused-ring (bicyclic) bond motifs is 1. The molecular formula is C20H23NO3. The summed E-state index contributed by atoms with van der Waals surface area (Å²) in [6.07, 6.45) is 2.20. The number of carbonyl (C=O) groups is 1. The molecule has 4 nitrogen and oxygen atoms in total. The van der Waals surface area contributed by atoms with Gasteiger partial charge in [-0.15, -0.1) is 0 Å². The minimum Gasteiger partial charge on any atom is -0.497 e. The second-order valence-corrected chi connectivity index (χ2v) is 6.03. The van der Waals surface area contributed by atoms with Crippen molar-refractivity contribution in [2.75, 3.05) is 20.3 Å². The largest absolute Gasteiger partial charge is 0.497 e. The Labute approximate surface area is 142 Å². The van der Waals surface area contributed by atoms with E-state index in [1.807, 2.05) is 42.5 Å². The van der Waals surface area contributed by atoms with E-state index in [-0.39, 0.29) is 11.8 Å². The quantitative estimate of drug-likeness (QED) is 0.886. The van der Waals surface area contributed by atoms with Crippen LogP contribution in [0.1, 0.15) is 29.9 Å². The highest BCUT2D eigenvalue weighted by Crippen LogP contribution is 2.35. The Hall–Kier alpha value is -2.49. The van der Waals surface area contributed by atoms with E-state index in [1.165, 1.54) is 0 Å². The van der Waals surface area contributed by atoms with E-state index in [4.69, 9.17) is 9.47 Å². The van der Waals surface area contributed by atoms with Crippen LogP contribution in [-0.4, -0.2) is 26.2 Å². The monoisotopic (exact) mass is 325 g/mol. The van der Waals surface area contributed by atoms with E-state index in [2.05, 4.69) is 11.4 Å². The molecule has 1 atom stereocenters. The van der Waals surface area contributed by atoms with E-state index in [9.17, 15) is 4.79 Å². The molecule has 24 heavy (non-hydrogen) atoms. The Morgan fingerprint density at radius 2 is 2.12 bits per heavy atom. The van der Waals surface area contributed by atoms with Crippen molar-refractivity contribution < 1.29 is 14.3 Å². The second kappa shape index (κ2) is 7.86. The van der Waals surface area contributed by atoms with Crippen molar-refractivity contribution in [2.24, 2.45) is 0 Å². The predicted octanol–water partition coefficient (Wildman–Crippen LogP) is 3.31. The first-order valence-electron chi connectivity index (χ1n) is 8.37. The van der Waals surface area contributed by atoms with Crippen LogP contribution in [0, 0.1) is 0 Å². The summed E-state index contributed by atoms with van der Waals surface area (Å²) in [5.41, 5.74) is 2.30. The fourth-order valence-corrected chi connectivity index (χ4v) is 3.10. The molecule has 2 aromatic carbocycles. The van der Waals surface area contributed by atoms with Crippen molar-refractivity contribution >= 4 is 5.91 Å². The number of amides is 1. The second-order valence-electron chi connectivity index (χ2n) is 6.03. The van der Waals surface area contributed by atoms with Crippen LogP contribution in [0.25, 0.3) is 0 Å². The van der Waals surface area contributed by atoms with Gasteiger partial charge in [0.15, 0.2) is 0 Å². The average Bonchev–Trinajstić information content (AvgIpc) is 2.62. The number of para-hydroxylation sites is 1. The van der Waals surface area contributed by atoms with Crippen LogP contribution in [0.2, 0.25) is 0 Å². The number of hydrogen-bond donors (Lipinski definition) is 1. The zero-order valence-corrected chi connectivity index (χ0v) is 14.0. The third-order valence-electron chi connectivity index (χ3n) is 4.38. The van der Waals surface area contributed by atoms with Crippen molar-refractivity contribution in [1.82, 2.24) is 5.32 Å². The van der Waals surface area contributed by atoms with Crippen molar-refractivity contribution in [3.05, 3.63) is 59.7 Å². The van der Waals surface area contributed by atoms with Crippen LogP contribution < -0.4 is 14.8 Å². The normalized spacial score (nSPS) is 16.0. The third kappa shape index (κ3) is 4.07. The van der Waals surface area contributed by atoms with Gasteiger partial charge in [-0.25, -0.2) is 0 Å². The summed E-state index contributed by atoms with van der Waals surface area (Å²) in [4.78, 5) is 12.3. The molecule has 0 fully saturated rings. The van der Waals surface area contributed by atoms with Crippen molar-refractivity contribution in [2.45, 2.75) is 25.2 Å². The molecule has 1 N–H and O–H groups in total. The fourth-order valence-electron chi connectivity index (χ4n) is 3.10. The molecule has 0 bridgehead atoms. The maximum Gasteiger partial charge on any atom is 0.220 e. The van der Waals surface area contributed by atoms with Gasteiger partial charge in [0.1, 0.15) is 11.5 Å². The van der Waals surface area contributed by atoms with Gasteiger partial charge in [-0.2, -0.15) is 0 Å². The highest BCUT2D eigenvalue weighted by atomic mass is 16.5. The topological polar surface area (TPSA) is 47.6 Å². The number of carbonyl (C=O) groups excluding carboxylic acids is 1. The summed E-state index contributed by atoms with van der Waals surface area (Å²) in [5.74, 6) is 2.10. The van der Waals surface area contributed by atoms with Gasteiger partial charge < -0.3 is 14.8 Å². The van der Waals surface area contributed by atoms with E-state index in [1.54, 1.807) is 7.11 Å². The van der Waals surface area contributed by atoms with Gasteiger partial charge in [-0.3, -0.25) is 4.79 Å². The lowest BCUT2D eigenvalue weighted by molar-refractivity contribution is -0.121.